The third-order valence-electron chi connectivity index (χ3n) is 3.09. The van der Waals surface area contributed by atoms with E-state index >= 15 is 0 Å². The Kier molecular flexibility index (Phi) is 3.38. The Morgan fingerprint density at radius 3 is 3.07 bits per heavy atom. The van der Waals surface area contributed by atoms with Gasteiger partial charge in [-0.3, -0.25) is 9.58 Å². The van der Waals surface area contributed by atoms with Crippen LogP contribution in [0, 0.1) is 6.92 Å². The summed E-state index contributed by atoms with van der Waals surface area (Å²) in [5.74, 6) is 0. The van der Waals surface area contributed by atoms with Crippen LogP contribution in [0.5, 0.6) is 0 Å². The molecule has 2 heterocycles. The van der Waals surface area contributed by atoms with Gasteiger partial charge in [-0.05, 0) is 31.9 Å². The Morgan fingerprint density at radius 1 is 1.53 bits per heavy atom. The molecule has 0 amide bonds. The van der Waals surface area contributed by atoms with Gasteiger partial charge in [0.05, 0.1) is 19.3 Å². The van der Waals surface area contributed by atoms with E-state index in [-0.39, 0.29) is 6.61 Å². The van der Waals surface area contributed by atoms with Crippen LogP contribution >= 0.6 is 0 Å². The summed E-state index contributed by atoms with van der Waals surface area (Å²) in [7, 11) is 0. The van der Waals surface area contributed by atoms with Crippen molar-refractivity contribution in [2.24, 2.45) is 0 Å². The van der Waals surface area contributed by atoms with E-state index in [1.807, 2.05) is 10.9 Å². The molecule has 0 aromatic carbocycles. The summed E-state index contributed by atoms with van der Waals surface area (Å²) in [6.07, 6.45) is 6.29. The van der Waals surface area contributed by atoms with E-state index in [1.54, 1.807) is 0 Å². The summed E-state index contributed by atoms with van der Waals surface area (Å²) in [6, 6.07) is 0.377. The lowest BCUT2D eigenvalue weighted by Crippen LogP contribution is -2.34. The molecule has 0 saturated carbocycles. The topological polar surface area (TPSA) is 41.3 Å². The average Bonchev–Trinajstić information content (AvgIpc) is 2.83. The number of rotatable bonds is 4. The number of nitrogens with zero attached hydrogens (tertiary/aromatic N) is 3. The molecular weight excluding hydrogens is 190 g/mol. The molecule has 2 rings (SSSR count). The van der Waals surface area contributed by atoms with E-state index < -0.39 is 0 Å². The number of aryl methyl sites for hydroxylation is 1. The van der Waals surface area contributed by atoms with Gasteiger partial charge in [-0.25, -0.2) is 0 Å². The maximum atomic E-state index is 9.17. The SMILES string of the molecule is Cc1cnn(CCN2CCCC2CO)c1. The smallest absolute Gasteiger partial charge is 0.0586 e. The van der Waals surface area contributed by atoms with E-state index in [0.717, 1.165) is 26.1 Å². The molecule has 1 unspecified atom stereocenters. The van der Waals surface area contributed by atoms with Gasteiger partial charge in [-0.2, -0.15) is 5.10 Å². The number of aromatic nitrogens is 2. The highest BCUT2D eigenvalue weighted by Gasteiger charge is 2.22. The van der Waals surface area contributed by atoms with Crippen LogP contribution in [0.15, 0.2) is 12.4 Å². The van der Waals surface area contributed by atoms with E-state index in [0.29, 0.717) is 6.04 Å². The second-order valence-electron chi connectivity index (χ2n) is 4.30. The average molecular weight is 209 g/mol. The lowest BCUT2D eigenvalue weighted by Gasteiger charge is -2.22. The molecule has 1 N–H and O–H groups in total. The van der Waals surface area contributed by atoms with E-state index in [9.17, 15) is 5.11 Å². The van der Waals surface area contributed by atoms with Gasteiger partial charge in [0.15, 0.2) is 0 Å². The van der Waals surface area contributed by atoms with E-state index in [2.05, 4.69) is 23.1 Å². The Morgan fingerprint density at radius 2 is 2.40 bits per heavy atom. The first-order valence-corrected chi connectivity index (χ1v) is 5.63. The fourth-order valence-corrected chi connectivity index (χ4v) is 2.22. The van der Waals surface area contributed by atoms with Crippen molar-refractivity contribution >= 4 is 0 Å². The second-order valence-corrected chi connectivity index (χ2v) is 4.30. The molecule has 0 spiro atoms. The largest absolute Gasteiger partial charge is 0.395 e. The van der Waals surface area contributed by atoms with Gasteiger partial charge in [0.2, 0.25) is 0 Å². The van der Waals surface area contributed by atoms with Crippen LogP contribution in [-0.4, -0.2) is 45.5 Å². The monoisotopic (exact) mass is 209 g/mol. The van der Waals surface area contributed by atoms with Gasteiger partial charge in [0.1, 0.15) is 0 Å². The molecule has 1 fully saturated rings. The molecule has 1 saturated heterocycles. The maximum Gasteiger partial charge on any atom is 0.0586 e. The van der Waals surface area contributed by atoms with Gasteiger partial charge in [-0.15, -0.1) is 0 Å². The fraction of sp³-hybridized carbons (Fsp3) is 0.727. The lowest BCUT2D eigenvalue weighted by atomic mass is 10.2. The zero-order valence-electron chi connectivity index (χ0n) is 9.26. The molecular formula is C11H19N3O. The third-order valence-corrected chi connectivity index (χ3v) is 3.09. The standard InChI is InChI=1S/C11H19N3O/c1-10-7-12-14(8-10)6-5-13-4-2-3-11(13)9-15/h7-8,11,15H,2-6,9H2,1H3. The summed E-state index contributed by atoms with van der Waals surface area (Å²) in [5, 5.41) is 13.4. The zero-order chi connectivity index (χ0) is 10.7. The summed E-state index contributed by atoms with van der Waals surface area (Å²) in [5.41, 5.74) is 1.20. The number of aliphatic hydroxyl groups is 1. The van der Waals surface area contributed by atoms with Crippen LogP contribution in [0.25, 0.3) is 0 Å². The van der Waals surface area contributed by atoms with Gasteiger partial charge >= 0.3 is 0 Å². The van der Waals surface area contributed by atoms with Crippen molar-refractivity contribution in [3.63, 3.8) is 0 Å². The van der Waals surface area contributed by atoms with Crippen molar-refractivity contribution in [1.29, 1.82) is 0 Å². The molecule has 1 atom stereocenters. The second kappa shape index (κ2) is 4.77. The number of aliphatic hydroxyl groups excluding tert-OH is 1. The summed E-state index contributed by atoms with van der Waals surface area (Å²) >= 11 is 0. The van der Waals surface area contributed by atoms with Crippen LogP contribution in [0.1, 0.15) is 18.4 Å². The Hall–Kier alpha value is -0.870. The van der Waals surface area contributed by atoms with Crippen molar-refractivity contribution in [3.8, 4) is 0 Å². The Labute approximate surface area is 90.5 Å². The van der Waals surface area contributed by atoms with Gasteiger partial charge in [0.25, 0.3) is 0 Å². The third kappa shape index (κ3) is 2.58. The molecule has 0 bridgehead atoms. The lowest BCUT2D eigenvalue weighted by molar-refractivity contribution is 0.154. The molecule has 1 aromatic heterocycles. The number of likely N-dealkylation sites (tertiary alicyclic amines) is 1. The number of hydrogen-bond donors (Lipinski definition) is 1. The van der Waals surface area contributed by atoms with Crippen molar-refractivity contribution in [3.05, 3.63) is 18.0 Å². The molecule has 15 heavy (non-hydrogen) atoms. The minimum absolute atomic E-state index is 0.290. The van der Waals surface area contributed by atoms with Gasteiger partial charge in [-0.1, -0.05) is 0 Å². The van der Waals surface area contributed by atoms with Crippen molar-refractivity contribution in [2.75, 3.05) is 19.7 Å². The molecule has 0 aliphatic carbocycles. The molecule has 0 radical (unpaired) electrons. The minimum Gasteiger partial charge on any atom is -0.395 e. The predicted molar refractivity (Wildman–Crippen MR) is 58.6 cm³/mol. The first kappa shape index (κ1) is 10.6. The normalized spacial score (nSPS) is 22.4. The minimum atomic E-state index is 0.290. The van der Waals surface area contributed by atoms with Crippen LogP contribution in [0.3, 0.4) is 0 Å². The quantitative estimate of drug-likeness (QED) is 0.791. The Balaban J connectivity index is 1.82. The molecule has 1 aromatic rings. The van der Waals surface area contributed by atoms with Crippen LogP contribution in [-0.2, 0) is 6.54 Å². The molecule has 4 nitrogen and oxygen atoms in total. The molecule has 4 heteroatoms. The molecule has 1 aliphatic rings. The number of hydrogen-bond acceptors (Lipinski definition) is 3. The van der Waals surface area contributed by atoms with Crippen LogP contribution in [0.2, 0.25) is 0 Å². The zero-order valence-corrected chi connectivity index (χ0v) is 9.26. The fourth-order valence-electron chi connectivity index (χ4n) is 2.22. The van der Waals surface area contributed by atoms with Crippen LogP contribution in [0.4, 0.5) is 0 Å². The molecule has 1 aliphatic heterocycles. The summed E-state index contributed by atoms with van der Waals surface area (Å²) in [6.45, 7) is 5.37. The highest BCUT2D eigenvalue weighted by atomic mass is 16.3. The van der Waals surface area contributed by atoms with E-state index in [4.69, 9.17) is 0 Å². The molecule has 84 valence electrons. The highest BCUT2D eigenvalue weighted by Crippen LogP contribution is 2.16. The predicted octanol–water partition coefficient (Wildman–Crippen LogP) is 0.648. The first-order valence-electron chi connectivity index (χ1n) is 5.63. The summed E-state index contributed by atoms with van der Waals surface area (Å²) < 4.78 is 1.97. The van der Waals surface area contributed by atoms with Gasteiger partial charge in [0, 0.05) is 18.8 Å². The van der Waals surface area contributed by atoms with Crippen molar-refractivity contribution in [2.45, 2.75) is 32.4 Å². The van der Waals surface area contributed by atoms with Crippen molar-refractivity contribution in [1.82, 2.24) is 14.7 Å². The van der Waals surface area contributed by atoms with Gasteiger partial charge < -0.3 is 5.11 Å². The van der Waals surface area contributed by atoms with Crippen LogP contribution < -0.4 is 0 Å². The Bertz CT molecular complexity index is 311. The highest BCUT2D eigenvalue weighted by molar-refractivity contribution is 4.99. The maximum absolute atomic E-state index is 9.17. The summed E-state index contributed by atoms with van der Waals surface area (Å²) in [4.78, 5) is 2.36. The first-order chi connectivity index (χ1) is 7.29. The van der Waals surface area contributed by atoms with E-state index in [1.165, 1.54) is 12.0 Å². The van der Waals surface area contributed by atoms with Crippen molar-refractivity contribution < 1.29 is 5.11 Å².